The highest BCUT2D eigenvalue weighted by Crippen LogP contribution is 2.34. The molecule has 4 rings (SSSR count). The molecule has 37 heavy (non-hydrogen) atoms. The minimum absolute atomic E-state index is 0.0622. The van der Waals surface area contributed by atoms with Gasteiger partial charge in [-0.2, -0.15) is 0 Å². The van der Waals surface area contributed by atoms with Crippen molar-refractivity contribution in [2.45, 2.75) is 18.7 Å². The molecular formula is C26H26N4O5S2. The topological polar surface area (TPSA) is 111 Å². The Kier molecular flexibility index (Phi) is 7.74. The van der Waals surface area contributed by atoms with E-state index in [-0.39, 0.29) is 15.7 Å². The van der Waals surface area contributed by atoms with Crippen molar-refractivity contribution in [1.82, 2.24) is 10.2 Å². The second kappa shape index (κ2) is 11.0. The number of hydrogen-bond donors (Lipinski definition) is 1. The molecule has 0 bridgehead atoms. The fourth-order valence-electron chi connectivity index (χ4n) is 3.55. The molecule has 0 radical (unpaired) electrons. The van der Waals surface area contributed by atoms with Crippen molar-refractivity contribution in [3.63, 3.8) is 0 Å². The lowest BCUT2D eigenvalue weighted by Crippen LogP contribution is -2.38. The first kappa shape index (κ1) is 26.1. The molecule has 3 aromatic carbocycles. The molecule has 192 valence electrons. The van der Waals surface area contributed by atoms with Gasteiger partial charge in [0, 0.05) is 5.56 Å². The lowest BCUT2D eigenvalue weighted by atomic mass is 10.2. The van der Waals surface area contributed by atoms with Crippen LogP contribution in [0.4, 0.5) is 10.8 Å². The van der Waals surface area contributed by atoms with Crippen molar-refractivity contribution in [2.24, 2.45) is 0 Å². The van der Waals surface area contributed by atoms with E-state index in [2.05, 4.69) is 15.5 Å². The number of aromatic nitrogens is 2. The van der Waals surface area contributed by atoms with Crippen LogP contribution in [0.1, 0.15) is 11.1 Å². The van der Waals surface area contributed by atoms with Crippen LogP contribution in [0, 0.1) is 13.8 Å². The molecule has 0 saturated heterocycles. The molecule has 0 unspecified atom stereocenters. The zero-order valence-electron chi connectivity index (χ0n) is 20.8. The van der Waals surface area contributed by atoms with Crippen LogP contribution in [0.2, 0.25) is 0 Å². The van der Waals surface area contributed by atoms with Crippen molar-refractivity contribution in [1.29, 1.82) is 0 Å². The quantitative estimate of drug-likeness (QED) is 0.330. The standard InChI is InChI=1S/C26H26N4O5S2/c1-17-5-12-21(13-6-17)37(32,33)30(22-15-18(2)7-14-23(22)35-4)16-24(31)27-26-29-28-25(36-26)19-8-10-20(34-3)11-9-19/h5-15H,16H2,1-4H3,(H,27,29,31). The molecule has 9 nitrogen and oxygen atoms in total. The Morgan fingerprint density at radius 1 is 0.919 bits per heavy atom. The number of carbonyl (C=O) groups is 1. The first-order valence-corrected chi connectivity index (χ1v) is 13.5. The molecule has 1 amide bonds. The zero-order valence-corrected chi connectivity index (χ0v) is 22.4. The Hall–Kier alpha value is -3.96. The fourth-order valence-corrected chi connectivity index (χ4v) is 5.73. The highest BCUT2D eigenvalue weighted by molar-refractivity contribution is 7.92. The van der Waals surface area contributed by atoms with Crippen molar-refractivity contribution in [2.75, 3.05) is 30.4 Å². The van der Waals surface area contributed by atoms with E-state index in [1.54, 1.807) is 49.6 Å². The fraction of sp³-hybridized carbons (Fsp3) is 0.192. The molecule has 0 fully saturated rings. The third kappa shape index (κ3) is 5.89. The van der Waals surface area contributed by atoms with Crippen LogP contribution >= 0.6 is 11.3 Å². The van der Waals surface area contributed by atoms with E-state index in [9.17, 15) is 13.2 Å². The summed E-state index contributed by atoms with van der Waals surface area (Å²) < 4.78 is 39.1. The van der Waals surface area contributed by atoms with Crippen LogP contribution in [0.25, 0.3) is 10.6 Å². The monoisotopic (exact) mass is 538 g/mol. The summed E-state index contributed by atoms with van der Waals surface area (Å²) in [6, 6.07) is 18.9. The Bertz CT molecular complexity index is 1500. The second-order valence-electron chi connectivity index (χ2n) is 8.19. The summed E-state index contributed by atoms with van der Waals surface area (Å²) >= 11 is 1.18. The number of methoxy groups -OCH3 is 2. The van der Waals surface area contributed by atoms with Crippen molar-refractivity contribution < 1.29 is 22.7 Å². The number of ether oxygens (including phenoxy) is 2. The van der Waals surface area contributed by atoms with Gasteiger partial charge in [0.15, 0.2) is 0 Å². The lowest BCUT2D eigenvalue weighted by molar-refractivity contribution is -0.114. The predicted octanol–water partition coefficient (Wildman–Crippen LogP) is 4.67. The number of benzene rings is 3. The van der Waals surface area contributed by atoms with Gasteiger partial charge >= 0.3 is 0 Å². The number of hydrogen-bond acceptors (Lipinski definition) is 8. The number of nitrogens with zero attached hydrogens (tertiary/aromatic N) is 3. The number of carbonyl (C=O) groups excluding carboxylic acids is 1. The van der Waals surface area contributed by atoms with Gasteiger partial charge in [-0.15, -0.1) is 10.2 Å². The molecule has 0 aliphatic rings. The largest absolute Gasteiger partial charge is 0.497 e. The van der Waals surface area contributed by atoms with Crippen LogP contribution < -0.4 is 19.1 Å². The molecule has 0 atom stereocenters. The van der Waals surface area contributed by atoms with Gasteiger partial charge in [0.2, 0.25) is 11.0 Å². The van der Waals surface area contributed by atoms with Crippen LogP contribution in [-0.2, 0) is 14.8 Å². The highest BCUT2D eigenvalue weighted by atomic mass is 32.2. The van der Waals surface area contributed by atoms with Gasteiger partial charge in [0.05, 0.1) is 24.8 Å². The molecule has 0 saturated carbocycles. The Morgan fingerprint density at radius 2 is 1.59 bits per heavy atom. The van der Waals surface area contributed by atoms with E-state index in [0.29, 0.717) is 16.5 Å². The average Bonchev–Trinajstić information content (AvgIpc) is 3.35. The van der Waals surface area contributed by atoms with Gasteiger partial charge < -0.3 is 9.47 Å². The number of aryl methyl sites for hydroxylation is 2. The molecule has 1 N–H and O–H groups in total. The van der Waals surface area contributed by atoms with E-state index in [1.165, 1.54) is 30.6 Å². The van der Waals surface area contributed by atoms with Gasteiger partial charge in [-0.3, -0.25) is 14.4 Å². The number of sulfonamides is 1. The van der Waals surface area contributed by atoms with E-state index < -0.39 is 22.5 Å². The Labute approximate surface area is 219 Å². The summed E-state index contributed by atoms with van der Waals surface area (Å²) in [5.74, 6) is 0.465. The van der Waals surface area contributed by atoms with Gasteiger partial charge in [-0.25, -0.2) is 8.42 Å². The van der Waals surface area contributed by atoms with Crippen molar-refractivity contribution in [3.8, 4) is 22.1 Å². The molecule has 0 aliphatic heterocycles. The van der Waals surface area contributed by atoms with E-state index in [0.717, 1.165) is 21.0 Å². The Morgan fingerprint density at radius 3 is 2.24 bits per heavy atom. The van der Waals surface area contributed by atoms with Gasteiger partial charge in [0.25, 0.3) is 10.0 Å². The maximum absolute atomic E-state index is 13.7. The molecule has 1 aromatic heterocycles. The second-order valence-corrected chi connectivity index (χ2v) is 11.0. The summed E-state index contributed by atoms with van der Waals surface area (Å²) in [4.78, 5) is 13.2. The average molecular weight is 539 g/mol. The highest BCUT2D eigenvalue weighted by Gasteiger charge is 2.30. The van der Waals surface area contributed by atoms with Crippen LogP contribution in [0.15, 0.2) is 71.6 Å². The summed E-state index contributed by atoms with van der Waals surface area (Å²) in [6.45, 7) is 3.21. The number of amides is 1. The third-order valence-electron chi connectivity index (χ3n) is 5.51. The molecule has 1 heterocycles. The van der Waals surface area contributed by atoms with Gasteiger partial charge in [0.1, 0.15) is 23.1 Å². The minimum atomic E-state index is -4.10. The first-order chi connectivity index (χ1) is 17.7. The zero-order chi connectivity index (χ0) is 26.6. The number of anilines is 2. The Balaban J connectivity index is 1.63. The number of nitrogens with one attached hydrogen (secondary N) is 1. The molecule has 0 aliphatic carbocycles. The summed E-state index contributed by atoms with van der Waals surface area (Å²) in [6.07, 6.45) is 0. The minimum Gasteiger partial charge on any atom is -0.497 e. The SMILES string of the molecule is COc1ccc(-c2nnc(NC(=O)CN(c3cc(C)ccc3OC)S(=O)(=O)c3ccc(C)cc3)s2)cc1. The van der Waals surface area contributed by atoms with E-state index in [4.69, 9.17) is 9.47 Å². The van der Waals surface area contributed by atoms with E-state index >= 15 is 0 Å². The summed E-state index contributed by atoms with van der Waals surface area (Å²) in [5, 5.41) is 11.7. The molecule has 4 aromatic rings. The third-order valence-corrected chi connectivity index (χ3v) is 8.17. The van der Waals surface area contributed by atoms with Gasteiger partial charge in [-0.05, 0) is 67.9 Å². The van der Waals surface area contributed by atoms with Crippen LogP contribution in [-0.4, -0.2) is 45.3 Å². The van der Waals surface area contributed by atoms with Crippen molar-refractivity contribution >= 4 is 38.1 Å². The lowest BCUT2D eigenvalue weighted by Gasteiger charge is -2.26. The summed E-state index contributed by atoms with van der Waals surface area (Å²) in [5.41, 5.74) is 2.80. The number of rotatable bonds is 9. The smallest absolute Gasteiger partial charge is 0.264 e. The van der Waals surface area contributed by atoms with Crippen LogP contribution in [0.5, 0.6) is 11.5 Å². The molecule has 11 heteroatoms. The van der Waals surface area contributed by atoms with Crippen LogP contribution in [0.3, 0.4) is 0 Å². The summed E-state index contributed by atoms with van der Waals surface area (Å²) in [7, 11) is -1.07. The first-order valence-electron chi connectivity index (χ1n) is 11.2. The molecular weight excluding hydrogens is 512 g/mol. The van der Waals surface area contributed by atoms with E-state index in [1.807, 2.05) is 26.0 Å². The maximum atomic E-state index is 13.7. The van der Waals surface area contributed by atoms with Gasteiger partial charge in [-0.1, -0.05) is 35.1 Å². The molecule has 0 spiro atoms. The predicted molar refractivity (Wildman–Crippen MR) is 144 cm³/mol. The van der Waals surface area contributed by atoms with Crippen molar-refractivity contribution in [3.05, 3.63) is 77.9 Å². The maximum Gasteiger partial charge on any atom is 0.264 e. The normalized spacial score (nSPS) is 11.1.